The van der Waals surface area contributed by atoms with Crippen molar-refractivity contribution in [2.24, 2.45) is 0 Å². The molecule has 0 atom stereocenters. The molecule has 26 heavy (non-hydrogen) atoms. The van der Waals surface area contributed by atoms with Gasteiger partial charge in [-0.2, -0.15) is 18.4 Å². The lowest BCUT2D eigenvalue weighted by Crippen LogP contribution is -2.39. The van der Waals surface area contributed by atoms with Crippen LogP contribution in [0.2, 0.25) is 0 Å². The van der Waals surface area contributed by atoms with Crippen molar-refractivity contribution in [1.29, 1.82) is 5.26 Å². The zero-order chi connectivity index (χ0) is 18.7. The molecule has 0 aliphatic carbocycles. The number of hydrogen-bond donors (Lipinski definition) is 1. The molecule has 0 saturated carbocycles. The molecule has 5 nitrogen and oxygen atoms in total. The molecule has 1 aromatic heterocycles. The van der Waals surface area contributed by atoms with E-state index in [1.807, 2.05) is 17.9 Å². The summed E-state index contributed by atoms with van der Waals surface area (Å²) in [7, 11) is 0. The van der Waals surface area contributed by atoms with E-state index in [9.17, 15) is 18.4 Å². The van der Waals surface area contributed by atoms with Gasteiger partial charge in [0.25, 0.3) is 0 Å². The summed E-state index contributed by atoms with van der Waals surface area (Å²) in [5.74, 6) is 0.743. The summed E-state index contributed by atoms with van der Waals surface area (Å²) in [6, 6.07) is 7.65. The molecule has 0 unspecified atom stereocenters. The number of hydrogen-bond acceptors (Lipinski definition) is 5. The first-order chi connectivity index (χ1) is 12.4. The molecule has 0 amide bonds. The number of piperidine rings is 1. The lowest BCUT2D eigenvalue weighted by Gasteiger charge is -2.35. The van der Waals surface area contributed by atoms with Crippen LogP contribution in [0.5, 0.6) is 0 Å². The molecular weight excluding hydrogens is 343 g/mol. The van der Waals surface area contributed by atoms with Crippen molar-refractivity contribution in [3.8, 4) is 6.07 Å². The summed E-state index contributed by atoms with van der Waals surface area (Å²) in [5, 5.41) is 12.6. The third kappa shape index (κ3) is 3.87. The monoisotopic (exact) mass is 361 g/mol. The quantitative estimate of drug-likeness (QED) is 0.902. The molecule has 0 spiro atoms. The highest BCUT2D eigenvalue weighted by atomic mass is 19.4. The molecular formula is C18H18F3N5. The standard InChI is InChI=1S/C18H18F3N5/c1-12-9-17(24-11-23-12)25-13-5-7-26(8-6-13)16-4-2-3-15(14(16)10-22)18(19,20)21/h2-4,9,11,13H,5-8H2,1H3,(H,23,24,25). The fourth-order valence-corrected chi connectivity index (χ4v) is 3.16. The molecule has 1 aromatic carbocycles. The summed E-state index contributed by atoms with van der Waals surface area (Å²) in [6.45, 7) is 3.02. The van der Waals surface area contributed by atoms with Gasteiger partial charge in [0.1, 0.15) is 18.2 Å². The first kappa shape index (κ1) is 18.0. The normalized spacial score (nSPS) is 15.6. The van der Waals surface area contributed by atoms with Gasteiger partial charge in [0.2, 0.25) is 0 Å². The molecule has 1 fully saturated rings. The Morgan fingerprint density at radius 1 is 1.23 bits per heavy atom. The van der Waals surface area contributed by atoms with E-state index in [4.69, 9.17) is 0 Å². The molecule has 3 rings (SSSR count). The lowest BCUT2D eigenvalue weighted by molar-refractivity contribution is -0.137. The van der Waals surface area contributed by atoms with E-state index in [2.05, 4.69) is 15.3 Å². The van der Waals surface area contributed by atoms with Gasteiger partial charge in [-0.3, -0.25) is 0 Å². The van der Waals surface area contributed by atoms with E-state index in [1.54, 1.807) is 12.1 Å². The number of aromatic nitrogens is 2. The highest BCUT2D eigenvalue weighted by molar-refractivity contribution is 5.63. The Kier molecular flexibility index (Phi) is 4.98. The average molecular weight is 361 g/mol. The second-order valence-corrected chi connectivity index (χ2v) is 6.26. The number of rotatable bonds is 3. The minimum atomic E-state index is -4.54. The maximum Gasteiger partial charge on any atom is 0.417 e. The SMILES string of the molecule is Cc1cc(NC2CCN(c3cccc(C(F)(F)F)c3C#N)CC2)ncn1. The Hall–Kier alpha value is -2.82. The van der Waals surface area contributed by atoms with Crippen molar-refractivity contribution in [2.45, 2.75) is 32.0 Å². The molecule has 2 heterocycles. The maximum atomic E-state index is 13.1. The number of nitrogens with zero attached hydrogens (tertiary/aromatic N) is 4. The van der Waals surface area contributed by atoms with Crippen molar-refractivity contribution in [3.63, 3.8) is 0 Å². The van der Waals surface area contributed by atoms with E-state index in [0.717, 1.165) is 30.4 Å². The van der Waals surface area contributed by atoms with Crippen molar-refractivity contribution in [1.82, 2.24) is 9.97 Å². The van der Waals surface area contributed by atoms with Crippen molar-refractivity contribution in [3.05, 3.63) is 47.4 Å². The van der Waals surface area contributed by atoms with E-state index in [0.29, 0.717) is 18.8 Å². The molecule has 2 aromatic rings. The van der Waals surface area contributed by atoms with Crippen LogP contribution < -0.4 is 10.2 Å². The first-order valence-corrected chi connectivity index (χ1v) is 8.29. The van der Waals surface area contributed by atoms with Crippen LogP contribution in [-0.2, 0) is 6.18 Å². The Balaban J connectivity index is 1.71. The van der Waals surface area contributed by atoms with Crippen molar-refractivity contribution < 1.29 is 13.2 Å². The predicted octanol–water partition coefficient (Wildman–Crippen LogP) is 3.76. The molecule has 1 aliphatic heterocycles. The van der Waals surface area contributed by atoms with Crippen LogP contribution >= 0.6 is 0 Å². The number of nitrogens with one attached hydrogen (secondary N) is 1. The molecule has 8 heteroatoms. The predicted molar refractivity (Wildman–Crippen MR) is 91.8 cm³/mol. The number of aryl methyl sites for hydroxylation is 1. The number of alkyl halides is 3. The zero-order valence-corrected chi connectivity index (χ0v) is 14.2. The van der Waals surface area contributed by atoms with Gasteiger partial charge in [-0.25, -0.2) is 9.97 Å². The van der Waals surface area contributed by atoms with E-state index in [-0.39, 0.29) is 11.6 Å². The largest absolute Gasteiger partial charge is 0.417 e. The zero-order valence-electron chi connectivity index (χ0n) is 14.2. The third-order valence-corrected chi connectivity index (χ3v) is 4.45. The van der Waals surface area contributed by atoms with Gasteiger partial charge in [-0.15, -0.1) is 0 Å². The molecule has 0 bridgehead atoms. The topological polar surface area (TPSA) is 64.8 Å². The van der Waals surface area contributed by atoms with Crippen LogP contribution in [-0.4, -0.2) is 29.1 Å². The van der Waals surface area contributed by atoms with Gasteiger partial charge in [0.15, 0.2) is 0 Å². The number of benzene rings is 1. The number of halogens is 3. The van der Waals surface area contributed by atoms with Crippen LogP contribution in [0.25, 0.3) is 0 Å². The smallest absolute Gasteiger partial charge is 0.370 e. The van der Waals surface area contributed by atoms with Gasteiger partial charge in [0.05, 0.1) is 16.8 Å². The second-order valence-electron chi connectivity index (χ2n) is 6.26. The lowest BCUT2D eigenvalue weighted by atomic mass is 10.0. The fourth-order valence-electron chi connectivity index (χ4n) is 3.16. The van der Waals surface area contributed by atoms with Gasteiger partial charge < -0.3 is 10.2 Å². The van der Waals surface area contributed by atoms with Gasteiger partial charge in [-0.05, 0) is 31.9 Å². The molecule has 1 saturated heterocycles. The second kappa shape index (κ2) is 7.20. The van der Waals surface area contributed by atoms with E-state index < -0.39 is 11.7 Å². The summed E-state index contributed by atoms with van der Waals surface area (Å²) in [5.41, 5.74) is 0.0215. The first-order valence-electron chi connectivity index (χ1n) is 8.29. The van der Waals surface area contributed by atoms with Crippen LogP contribution in [0.1, 0.15) is 29.7 Å². The van der Waals surface area contributed by atoms with Crippen molar-refractivity contribution in [2.75, 3.05) is 23.3 Å². The van der Waals surface area contributed by atoms with E-state index >= 15 is 0 Å². The van der Waals surface area contributed by atoms with Gasteiger partial charge in [-0.1, -0.05) is 6.07 Å². The summed E-state index contributed by atoms with van der Waals surface area (Å²) < 4.78 is 39.4. The number of nitriles is 1. The van der Waals surface area contributed by atoms with Crippen LogP contribution in [0, 0.1) is 18.3 Å². The van der Waals surface area contributed by atoms with Crippen molar-refractivity contribution >= 4 is 11.5 Å². The molecule has 1 aliphatic rings. The molecule has 1 N–H and O–H groups in total. The Labute approximate surface area is 149 Å². The average Bonchev–Trinajstić information content (AvgIpc) is 2.61. The Morgan fingerprint density at radius 3 is 2.58 bits per heavy atom. The van der Waals surface area contributed by atoms with Gasteiger partial charge >= 0.3 is 6.18 Å². The highest BCUT2D eigenvalue weighted by Crippen LogP contribution is 2.36. The Morgan fingerprint density at radius 2 is 1.96 bits per heavy atom. The summed E-state index contributed by atoms with van der Waals surface area (Å²) >= 11 is 0. The molecule has 0 radical (unpaired) electrons. The minimum Gasteiger partial charge on any atom is -0.370 e. The van der Waals surface area contributed by atoms with Crippen LogP contribution in [0.4, 0.5) is 24.7 Å². The van der Waals surface area contributed by atoms with Crippen LogP contribution in [0.3, 0.4) is 0 Å². The number of anilines is 2. The summed E-state index contributed by atoms with van der Waals surface area (Å²) in [6.07, 6.45) is -1.56. The fraction of sp³-hybridized carbons (Fsp3) is 0.389. The van der Waals surface area contributed by atoms with E-state index in [1.165, 1.54) is 12.4 Å². The molecule has 136 valence electrons. The minimum absolute atomic E-state index is 0.178. The maximum absolute atomic E-state index is 13.1. The Bertz CT molecular complexity index is 820. The van der Waals surface area contributed by atoms with Crippen LogP contribution in [0.15, 0.2) is 30.6 Å². The highest BCUT2D eigenvalue weighted by Gasteiger charge is 2.35. The third-order valence-electron chi connectivity index (χ3n) is 4.45. The van der Waals surface area contributed by atoms with Gasteiger partial charge in [0, 0.05) is 30.9 Å². The summed E-state index contributed by atoms with van der Waals surface area (Å²) in [4.78, 5) is 10.1.